The van der Waals surface area contributed by atoms with Crippen molar-refractivity contribution in [2.45, 2.75) is 13.1 Å². The first kappa shape index (κ1) is 18.1. The Morgan fingerprint density at radius 1 is 1.19 bits per heavy atom. The van der Waals surface area contributed by atoms with Crippen molar-refractivity contribution in [1.82, 2.24) is 15.0 Å². The summed E-state index contributed by atoms with van der Waals surface area (Å²) in [4.78, 5) is 13.6. The van der Waals surface area contributed by atoms with Gasteiger partial charge in [0.1, 0.15) is 0 Å². The number of aryl methyl sites for hydroxylation is 1. The Labute approximate surface area is 151 Å². The Kier molecular flexibility index (Phi) is 4.79. The number of nitrogens with one attached hydrogen (secondary N) is 1. The lowest BCUT2D eigenvalue weighted by Gasteiger charge is -2.18. The van der Waals surface area contributed by atoms with Crippen LogP contribution in [-0.4, -0.2) is 22.0 Å². The quantitative estimate of drug-likeness (QED) is 0.526. The molecule has 0 saturated carbocycles. The highest BCUT2D eigenvalue weighted by atomic mass is 32.1. The first-order valence-electron chi connectivity index (χ1n) is 7.50. The van der Waals surface area contributed by atoms with Gasteiger partial charge in [0.15, 0.2) is 5.13 Å². The molecule has 0 spiro atoms. The van der Waals surface area contributed by atoms with Crippen LogP contribution in [0.1, 0.15) is 11.3 Å². The highest BCUT2D eigenvalue weighted by Crippen LogP contribution is 2.34. The monoisotopic (exact) mass is 380 g/mol. The van der Waals surface area contributed by atoms with Gasteiger partial charge >= 0.3 is 6.18 Å². The van der Waals surface area contributed by atoms with Gasteiger partial charge in [0.25, 0.3) is 0 Å². The van der Waals surface area contributed by atoms with Crippen LogP contribution >= 0.6 is 11.3 Å². The van der Waals surface area contributed by atoms with E-state index in [1.165, 1.54) is 29.7 Å². The molecule has 26 heavy (non-hydrogen) atoms. The van der Waals surface area contributed by atoms with E-state index in [9.17, 15) is 13.2 Å². The molecule has 0 fully saturated rings. The summed E-state index contributed by atoms with van der Waals surface area (Å²) < 4.78 is 38.7. The van der Waals surface area contributed by atoms with Crippen LogP contribution in [0.4, 0.5) is 29.9 Å². The molecule has 136 valence electrons. The van der Waals surface area contributed by atoms with E-state index >= 15 is 0 Å². The molecule has 0 aliphatic rings. The number of hydrogen-bond donors (Lipinski definition) is 2. The van der Waals surface area contributed by atoms with Crippen LogP contribution in [0, 0.1) is 6.92 Å². The van der Waals surface area contributed by atoms with Gasteiger partial charge in [-0.25, -0.2) is 25.8 Å². The standard InChI is InChI=1S/C16H15F3N6S/c1-9-13(26-15(21-2)23-9)12-6-7-22-14(24-12)25(20)11-5-3-4-10(8-11)16(17,18)19/h3-8H,20H2,1-2H3,(H,21,23). The van der Waals surface area contributed by atoms with E-state index in [-0.39, 0.29) is 11.6 Å². The topological polar surface area (TPSA) is 80.0 Å². The lowest BCUT2D eigenvalue weighted by Crippen LogP contribution is -2.27. The second-order valence-electron chi connectivity index (χ2n) is 5.34. The molecule has 3 N–H and O–H groups in total. The van der Waals surface area contributed by atoms with Gasteiger partial charge in [-0.05, 0) is 31.2 Å². The van der Waals surface area contributed by atoms with Crippen molar-refractivity contribution in [3.05, 3.63) is 47.8 Å². The Bertz CT molecular complexity index is 924. The molecule has 0 unspecified atom stereocenters. The van der Waals surface area contributed by atoms with Crippen LogP contribution in [0.3, 0.4) is 0 Å². The molecule has 0 aliphatic carbocycles. The number of alkyl halides is 3. The zero-order valence-corrected chi connectivity index (χ0v) is 14.7. The fourth-order valence-electron chi connectivity index (χ4n) is 2.28. The SMILES string of the molecule is CNc1nc(C)c(-c2ccnc(N(N)c3cccc(C(F)(F)F)c3)n2)s1. The van der Waals surface area contributed by atoms with E-state index < -0.39 is 11.7 Å². The average Bonchev–Trinajstić information content (AvgIpc) is 3.01. The fourth-order valence-corrected chi connectivity index (χ4v) is 3.17. The van der Waals surface area contributed by atoms with Gasteiger partial charge in [0.2, 0.25) is 5.95 Å². The maximum absolute atomic E-state index is 12.9. The van der Waals surface area contributed by atoms with Gasteiger partial charge in [0, 0.05) is 13.2 Å². The Hall–Kier alpha value is -2.72. The van der Waals surface area contributed by atoms with E-state index in [0.29, 0.717) is 5.69 Å². The van der Waals surface area contributed by atoms with E-state index in [4.69, 9.17) is 5.84 Å². The lowest BCUT2D eigenvalue weighted by molar-refractivity contribution is -0.137. The molecule has 0 bridgehead atoms. The van der Waals surface area contributed by atoms with Crippen LogP contribution in [-0.2, 0) is 6.18 Å². The number of halogens is 3. The van der Waals surface area contributed by atoms with Crippen molar-refractivity contribution in [3.63, 3.8) is 0 Å². The average molecular weight is 380 g/mol. The molecular weight excluding hydrogens is 365 g/mol. The summed E-state index contributed by atoms with van der Waals surface area (Å²) in [5.41, 5.74) is 0.716. The largest absolute Gasteiger partial charge is 0.416 e. The minimum absolute atomic E-state index is 0.0839. The van der Waals surface area contributed by atoms with E-state index in [1.807, 2.05) is 6.92 Å². The number of hydrazine groups is 1. The molecule has 0 amide bonds. The molecular formula is C16H15F3N6S. The minimum Gasteiger partial charge on any atom is -0.365 e. The summed E-state index contributed by atoms with van der Waals surface area (Å²) in [6.45, 7) is 1.85. The normalized spacial score (nSPS) is 11.5. The van der Waals surface area contributed by atoms with Crippen molar-refractivity contribution in [2.75, 3.05) is 17.4 Å². The second kappa shape index (κ2) is 6.89. The number of hydrogen-bond acceptors (Lipinski definition) is 7. The number of nitrogens with two attached hydrogens (primary N) is 1. The molecule has 2 heterocycles. The molecule has 3 aromatic rings. The van der Waals surface area contributed by atoms with Gasteiger partial charge in [-0.15, -0.1) is 0 Å². The van der Waals surface area contributed by atoms with Crippen LogP contribution in [0.25, 0.3) is 10.6 Å². The highest BCUT2D eigenvalue weighted by Gasteiger charge is 2.31. The third-order valence-electron chi connectivity index (χ3n) is 3.55. The summed E-state index contributed by atoms with van der Waals surface area (Å²) in [7, 11) is 1.77. The van der Waals surface area contributed by atoms with Gasteiger partial charge in [-0.2, -0.15) is 13.2 Å². The van der Waals surface area contributed by atoms with Gasteiger partial charge in [-0.3, -0.25) is 0 Å². The number of nitrogens with zero attached hydrogens (tertiary/aromatic N) is 4. The van der Waals surface area contributed by atoms with Crippen molar-refractivity contribution >= 4 is 28.1 Å². The molecule has 1 aromatic carbocycles. The van der Waals surface area contributed by atoms with Crippen LogP contribution in [0.15, 0.2) is 36.5 Å². The lowest BCUT2D eigenvalue weighted by atomic mass is 10.2. The Morgan fingerprint density at radius 2 is 1.96 bits per heavy atom. The molecule has 6 nitrogen and oxygen atoms in total. The number of thiazole rings is 1. The molecule has 0 atom stereocenters. The number of anilines is 3. The predicted octanol–water partition coefficient (Wildman–Crippen LogP) is 3.98. The molecule has 2 aromatic heterocycles. The summed E-state index contributed by atoms with van der Waals surface area (Å²) in [5, 5.41) is 4.72. The summed E-state index contributed by atoms with van der Waals surface area (Å²) in [6.07, 6.45) is -2.95. The van der Waals surface area contributed by atoms with Gasteiger partial charge < -0.3 is 5.32 Å². The number of benzene rings is 1. The number of aromatic nitrogens is 3. The van der Waals surface area contributed by atoms with Crippen LogP contribution in [0.2, 0.25) is 0 Å². The van der Waals surface area contributed by atoms with Crippen molar-refractivity contribution in [2.24, 2.45) is 5.84 Å². The van der Waals surface area contributed by atoms with Crippen molar-refractivity contribution in [3.8, 4) is 10.6 Å². The maximum Gasteiger partial charge on any atom is 0.416 e. The Morgan fingerprint density at radius 3 is 2.62 bits per heavy atom. The molecule has 0 radical (unpaired) electrons. The van der Waals surface area contributed by atoms with Crippen molar-refractivity contribution in [1.29, 1.82) is 0 Å². The zero-order chi connectivity index (χ0) is 18.9. The maximum atomic E-state index is 12.9. The van der Waals surface area contributed by atoms with E-state index in [0.717, 1.165) is 32.8 Å². The van der Waals surface area contributed by atoms with Gasteiger partial charge in [-0.1, -0.05) is 17.4 Å². The first-order valence-corrected chi connectivity index (χ1v) is 8.32. The van der Waals surface area contributed by atoms with E-state index in [2.05, 4.69) is 20.3 Å². The second-order valence-corrected chi connectivity index (χ2v) is 6.34. The van der Waals surface area contributed by atoms with Gasteiger partial charge in [0.05, 0.1) is 27.5 Å². The summed E-state index contributed by atoms with van der Waals surface area (Å²) >= 11 is 1.41. The molecule has 0 aliphatic heterocycles. The third-order valence-corrected chi connectivity index (χ3v) is 4.75. The summed E-state index contributed by atoms with van der Waals surface area (Å²) in [6, 6.07) is 6.38. The Balaban J connectivity index is 1.96. The molecule has 0 saturated heterocycles. The van der Waals surface area contributed by atoms with E-state index in [1.54, 1.807) is 13.1 Å². The summed E-state index contributed by atoms with van der Waals surface area (Å²) in [5.74, 6) is 6.05. The molecule has 3 rings (SSSR count). The highest BCUT2D eigenvalue weighted by molar-refractivity contribution is 7.19. The van der Waals surface area contributed by atoms with Crippen LogP contribution < -0.4 is 16.2 Å². The predicted molar refractivity (Wildman–Crippen MR) is 95.2 cm³/mol. The first-order chi connectivity index (χ1) is 12.3. The van der Waals surface area contributed by atoms with Crippen molar-refractivity contribution < 1.29 is 13.2 Å². The smallest absolute Gasteiger partial charge is 0.365 e. The molecule has 10 heteroatoms. The number of rotatable bonds is 4. The fraction of sp³-hybridized carbons (Fsp3) is 0.188. The minimum atomic E-state index is -4.46. The third kappa shape index (κ3) is 3.60. The van der Waals surface area contributed by atoms with Crippen LogP contribution in [0.5, 0.6) is 0 Å². The zero-order valence-electron chi connectivity index (χ0n) is 13.9.